The van der Waals surface area contributed by atoms with Gasteiger partial charge in [-0.3, -0.25) is 4.68 Å². The van der Waals surface area contributed by atoms with E-state index >= 15 is 0 Å². The van der Waals surface area contributed by atoms with Crippen molar-refractivity contribution < 1.29 is 4.74 Å². The molecule has 0 aliphatic carbocycles. The minimum absolute atomic E-state index is 0.158. The van der Waals surface area contributed by atoms with Crippen molar-refractivity contribution in [1.82, 2.24) is 14.8 Å². The molecule has 5 heteroatoms. The van der Waals surface area contributed by atoms with Gasteiger partial charge >= 0.3 is 0 Å². The zero-order chi connectivity index (χ0) is 12.3. The molecule has 90 valence electrons. The number of rotatable bonds is 4. The molecular formula is C12H16N4O. The molecule has 0 bridgehead atoms. The summed E-state index contributed by atoms with van der Waals surface area (Å²) in [5.74, 6) is 1.63. The summed E-state index contributed by atoms with van der Waals surface area (Å²) in [6.07, 6.45) is 2.23. The number of aryl methyl sites for hydroxylation is 1. The molecule has 0 saturated heterocycles. The first-order valence-electron chi connectivity index (χ1n) is 5.43. The Balaban J connectivity index is 2.13. The van der Waals surface area contributed by atoms with Crippen LogP contribution in [0.4, 0.5) is 0 Å². The molecular weight excluding hydrogens is 216 g/mol. The van der Waals surface area contributed by atoms with Crippen LogP contribution in [0.5, 0.6) is 5.75 Å². The van der Waals surface area contributed by atoms with Crippen LogP contribution in [0.3, 0.4) is 0 Å². The summed E-state index contributed by atoms with van der Waals surface area (Å²) in [5, 5.41) is 4.01. The average molecular weight is 232 g/mol. The molecule has 0 saturated carbocycles. The van der Waals surface area contributed by atoms with Gasteiger partial charge in [-0.1, -0.05) is 12.1 Å². The Morgan fingerprint density at radius 1 is 1.47 bits per heavy atom. The monoisotopic (exact) mass is 232 g/mol. The predicted molar refractivity (Wildman–Crippen MR) is 64.6 cm³/mol. The van der Waals surface area contributed by atoms with E-state index in [9.17, 15) is 0 Å². The van der Waals surface area contributed by atoms with Crippen molar-refractivity contribution in [2.75, 3.05) is 7.11 Å². The molecule has 5 nitrogen and oxygen atoms in total. The van der Waals surface area contributed by atoms with Gasteiger partial charge in [0, 0.05) is 7.05 Å². The minimum atomic E-state index is -0.158. The second kappa shape index (κ2) is 4.97. The first kappa shape index (κ1) is 11.6. The van der Waals surface area contributed by atoms with E-state index in [1.54, 1.807) is 11.8 Å². The molecule has 1 heterocycles. The lowest BCUT2D eigenvalue weighted by atomic mass is 10.1. The van der Waals surface area contributed by atoms with Crippen LogP contribution >= 0.6 is 0 Å². The quantitative estimate of drug-likeness (QED) is 0.856. The Kier molecular flexibility index (Phi) is 3.39. The topological polar surface area (TPSA) is 66.0 Å². The number of benzene rings is 1. The van der Waals surface area contributed by atoms with Crippen LogP contribution in [-0.4, -0.2) is 21.9 Å². The first-order valence-corrected chi connectivity index (χ1v) is 5.43. The Morgan fingerprint density at radius 3 is 2.94 bits per heavy atom. The third-order valence-corrected chi connectivity index (χ3v) is 2.67. The van der Waals surface area contributed by atoms with Gasteiger partial charge in [-0.05, 0) is 24.1 Å². The maximum atomic E-state index is 6.10. The van der Waals surface area contributed by atoms with E-state index < -0.39 is 0 Å². The van der Waals surface area contributed by atoms with Gasteiger partial charge in [0.1, 0.15) is 17.9 Å². The zero-order valence-electron chi connectivity index (χ0n) is 10.00. The average Bonchev–Trinajstić information content (AvgIpc) is 2.76. The zero-order valence-corrected chi connectivity index (χ0v) is 10.00. The van der Waals surface area contributed by atoms with E-state index in [1.807, 2.05) is 31.3 Å². The van der Waals surface area contributed by atoms with Gasteiger partial charge in [0.15, 0.2) is 0 Å². The van der Waals surface area contributed by atoms with Crippen LogP contribution in [0.1, 0.15) is 17.4 Å². The second-order valence-electron chi connectivity index (χ2n) is 3.90. The second-order valence-corrected chi connectivity index (χ2v) is 3.90. The molecule has 0 radical (unpaired) electrons. The highest BCUT2D eigenvalue weighted by molar-refractivity contribution is 5.29. The highest BCUT2D eigenvalue weighted by Crippen LogP contribution is 2.17. The van der Waals surface area contributed by atoms with Crippen molar-refractivity contribution in [3.8, 4) is 5.75 Å². The van der Waals surface area contributed by atoms with Gasteiger partial charge in [0.05, 0.1) is 13.2 Å². The lowest BCUT2D eigenvalue weighted by molar-refractivity contribution is 0.414. The number of ether oxygens (including phenoxy) is 1. The molecule has 17 heavy (non-hydrogen) atoms. The van der Waals surface area contributed by atoms with Crippen LogP contribution in [-0.2, 0) is 13.5 Å². The fraction of sp³-hybridized carbons (Fsp3) is 0.333. The molecule has 0 amide bonds. The lowest BCUT2D eigenvalue weighted by Crippen LogP contribution is -2.18. The van der Waals surface area contributed by atoms with Crippen molar-refractivity contribution >= 4 is 0 Å². The Bertz CT molecular complexity index is 495. The molecule has 2 rings (SSSR count). The van der Waals surface area contributed by atoms with Gasteiger partial charge in [0.2, 0.25) is 0 Å². The first-order chi connectivity index (χ1) is 8.20. The van der Waals surface area contributed by atoms with E-state index in [-0.39, 0.29) is 6.04 Å². The summed E-state index contributed by atoms with van der Waals surface area (Å²) in [4.78, 5) is 4.15. The van der Waals surface area contributed by atoms with E-state index in [1.165, 1.54) is 6.33 Å². The molecule has 1 atom stereocenters. The maximum Gasteiger partial charge on any atom is 0.143 e. The smallest absolute Gasteiger partial charge is 0.143 e. The van der Waals surface area contributed by atoms with Crippen LogP contribution in [0.2, 0.25) is 0 Å². The van der Waals surface area contributed by atoms with E-state index in [0.29, 0.717) is 6.42 Å². The van der Waals surface area contributed by atoms with Gasteiger partial charge < -0.3 is 10.5 Å². The highest BCUT2D eigenvalue weighted by Gasteiger charge is 2.12. The summed E-state index contributed by atoms with van der Waals surface area (Å²) in [5.41, 5.74) is 7.22. The molecule has 0 aliphatic rings. The fourth-order valence-electron chi connectivity index (χ4n) is 1.79. The molecule has 0 aliphatic heterocycles. The summed E-state index contributed by atoms with van der Waals surface area (Å²) in [6.45, 7) is 0. The normalized spacial score (nSPS) is 12.4. The Morgan fingerprint density at radius 2 is 2.29 bits per heavy atom. The number of hydrogen-bond donors (Lipinski definition) is 1. The van der Waals surface area contributed by atoms with Gasteiger partial charge in [-0.2, -0.15) is 5.10 Å². The van der Waals surface area contributed by atoms with Crippen molar-refractivity contribution in [2.45, 2.75) is 12.5 Å². The molecule has 1 aromatic carbocycles. The SMILES string of the molecule is COc1cccc(CC(N)c2ncnn2C)c1. The standard InChI is InChI=1S/C12H16N4O/c1-16-12(14-8-15-16)11(13)7-9-4-3-5-10(6-9)17-2/h3-6,8,11H,7,13H2,1-2H3. The van der Waals surface area contributed by atoms with Crippen LogP contribution < -0.4 is 10.5 Å². The van der Waals surface area contributed by atoms with E-state index in [2.05, 4.69) is 10.1 Å². The highest BCUT2D eigenvalue weighted by atomic mass is 16.5. The van der Waals surface area contributed by atoms with Crippen molar-refractivity contribution in [3.05, 3.63) is 42.0 Å². The molecule has 0 fully saturated rings. The van der Waals surface area contributed by atoms with Crippen LogP contribution in [0, 0.1) is 0 Å². The van der Waals surface area contributed by atoms with Gasteiger partial charge in [-0.25, -0.2) is 4.98 Å². The van der Waals surface area contributed by atoms with Crippen molar-refractivity contribution in [2.24, 2.45) is 12.8 Å². The fourth-order valence-corrected chi connectivity index (χ4v) is 1.79. The lowest BCUT2D eigenvalue weighted by Gasteiger charge is -2.11. The van der Waals surface area contributed by atoms with Gasteiger partial charge in [-0.15, -0.1) is 0 Å². The summed E-state index contributed by atoms with van der Waals surface area (Å²) >= 11 is 0. The Labute approximate surface area is 100 Å². The summed E-state index contributed by atoms with van der Waals surface area (Å²) in [6, 6.07) is 7.72. The number of methoxy groups -OCH3 is 1. The minimum Gasteiger partial charge on any atom is -0.497 e. The third kappa shape index (κ3) is 2.62. The number of aromatic nitrogens is 3. The number of nitrogens with zero attached hydrogens (tertiary/aromatic N) is 3. The third-order valence-electron chi connectivity index (χ3n) is 2.67. The van der Waals surface area contributed by atoms with Crippen molar-refractivity contribution in [1.29, 1.82) is 0 Å². The van der Waals surface area contributed by atoms with Crippen molar-refractivity contribution in [3.63, 3.8) is 0 Å². The molecule has 2 aromatic rings. The summed E-state index contributed by atoms with van der Waals surface area (Å²) in [7, 11) is 3.50. The van der Waals surface area contributed by atoms with Gasteiger partial charge in [0.25, 0.3) is 0 Å². The molecule has 0 spiro atoms. The molecule has 2 N–H and O–H groups in total. The molecule has 1 aromatic heterocycles. The van der Waals surface area contributed by atoms with E-state index in [0.717, 1.165) is 17.1 Å². The van der Waals surface area contributed by atoms with Crippen LogP contribution in [0.25, 0.3) is 0 Å². The largest absolute Gasteiger partial charge is 0.497 e. The number of hydrogen-bond acceptors (Lipinski definition) is 4. The maximum absolute atomic E-state index is 6.10. The summed E-state index contributed by atoms with van der Waals surface area (Å²) < 4.78 is 6.88. The number of nitrogens with two attached hydrogens (primary N) is 1. The predicted octanol–water partition coefficient (Wildman–Crippen LogP) is 1.07. The molecule has 1 unspecified atom stereocenters. The Hall–Kier alpha value is -1.88. The van der Waals surface area contributed by atoms with Crippen LogP contribution in [0.15, 0.2) is 30.6 Å². The van der Waals surface area contributed by atoms with E-state index in [4.69, 9.17) is 10.5 Å².